The van der Waals surface area contributed by atoms with Gasteiger partial charge in [0.05, 0.1) is 13.4 Å². The van der Waals surface area contributed by atoms with Crippen molar-refractivity contribution < 1.29 is 9.15 Å². The molecule has 2 rings (SSSR count). The molecule has 0 amide bonds. The molecule has 2 heterocycles. The largest absolute Gasteiger partial charge is 0.468 e. The molecule has 1 N–H and O–H groups in total. The maximum Gasteiger partial charge on any atom is 0.284 e. The minimum atomic E-state index is 0.460. The molecule has 1 aliphatic heterocycles. The number of hydrogen-bond donors (Lipinski definition) is 1. The van der Waals surface area contributed by atoms with E-state index in [1.165, 1.54) is 24.8 Å². The Hall–Kier alpha value is -0.960. The van der Waals surface area contributed by atoms with Crippen LogP contribution in [0.15, 0.2) is 16.7 Å². The van der Waals surface area contributed by atoms with Crippen molar-refractivity contribution in [2.75, 3.05) is 13.7 Å². The van der Waals surface area contributed by atoms with Crippen molar-refractivity contribution >= 4 is 0 Å². The van der Waals surface area contributed by atoms with Crippen LogP contribution in [0.2, 0.25) is 0 Å². The fourth-order valence-electron chi connectivity index (χ4n) is 1.76. The second kappa shape index (κ2) is 3.83. The second-order valence-electron chi connectivity index (χ2n) is 3.41. The first-order valence-corrected chi connectivity index (χ1v) is 4.76. The summed E-state index contributed by atoms with van der Waals surface area (Å²) in [5, 5.41) is 3.46. The zero-order chi connectivity index (χ0) is 9.10. The lowest BCUT2D eigenvalue weighted by Gasteiger charge is -2.21. The Morgan fingerprint density at radius 3 is 3.08 bits per heavy atom. The van der Waals surface area contributed by atoms with Crippen LogP contribution in [-0.2, 0) is 0 Å². The van der Waals surface area contributed by atoms with E-state index in [-0.39, 0.29) is 0 Å². The molecule has 3 nitrogen and oxygen atoms in total. The molecule has 13 heavy (non-hydrogen) atoms. The molecule has 1 aromatic heterocycles. The monoisotopic (exact) mass is 181 g/mol. The quantitative estimate of drug-likeness (QED) is 0.758. The van der Waals surface area contributed by atoms with Crippen LogP contribution in [-0.4, -0.2) is 13.7 Å². The molecule has 72 valence electrons. The number of nitrogens with one attached hydrogen (secondary N) is 1. The molecule has 1 fully saturated rings. The zero-order valence-electron chi connectivity index (χ0n) is 7.88. The molecule has 0 aromatic carbocycles. The third-order valence-electron chi connectivity index (χ3n) is 2.51. The van der Waals surface area contributed by atoms with Crippen molar-refractivity contribution in [1.29, 1.82) is 0 Å². The van der Waals surface area contributed by atoms with E-state index in [9.17, 15) is 0 Å². The van der Waals surface area contributed by atoms with Crippen molar-refractivity contribution in [1.82, 2.24) is 5.32 Å². The van der Waals surface area contributed by atoms with E-state index in [1.807, 2.05) is 6.07 Å². The van der Waals surface area contributed by atoms with Gasteiger partial charge in [-0.25, -0.2) is 0 Å². The molecule has 0 radical (unpaired) electrons. The summed E-state index contributed by atoms with van der Waals surface area (Å²) in [4.78, 5) is 0. The predicted molar refractivity (Wildman–Crippen MR) is 49.9 cm³/mol. The normalized spacial score (nSPS) is 23.0. The highest BCUT2D eigenvalue weighted by Gasteiger charge is 2.16. The summed E-state index contributed by atoms with van der Waals surface area (Å²) in [7, 11) is 1.62. The van der Waals surface area contributed by atoms with Gasteiger partial charge in [-0.2, -0.15) is 0 Å². The third kappa shape index (κ3) is 1.86. The second-order valence-corrected chi connectivity index (χ2v) is 3.41. The van der Waals surface area contributed by atoms with E-state index < -0.39 is 0 Å². The number of piperidine rings is 1. The topological polar surface area (TPSA) is 34.4 Å². The summed E-state index contributed by atoms with van der Waals surface area (Å²) in [6, 6.07) is 2.42. The van der Waals surface area contributed by atoms with Gasteiger partial charge < -0.3 is 14.5 Å². The summed E-state index contributed by atoms with van der Waals surface area (Å²) in [5.41, 5.74) is 1.21. The Balaban J connectivity index is 2.05. The van der Waals surface area contributed by atoms with Crippen molar-refractivity contribution in [2.45, 2.75) is 25.3 Å². The van der Waals surface area contributed by atoms with Gasteiger partial charge in [-0.05, 0) is 19.4 Å². The average molecular weight is 181 g/mol. The van der Waals surface area contributed by atoms with Gasteiger partial charge in [0, 0.05) is 17.7 Å². The van der Waals surface area contributed by atoms with Gasteiger partial charge in [-0.1, -0.05) is 6.42 Å². The fourth-order valence-corrected chi connectivity index (χ4v) is 1.76. The van der Waals surface area contributed by atoms with Crippen LogP contribution < -0.4 is 10.1 Å². The lowest BCUT2D eigenvalue weighted by atomic mass is 10.0. The van der Waals surface area contributed by atoms with Gasteiger partial charge >= 0.3 is 0 Å². The number of methoxy groups -OCH3 is 1. The van der Waals surface area contributed by atoms with Gasteiger partial charge in [0.2, 0.25) is 0 Å². The van der Waals surface area contributed by atoms with Crippen LogP contribution in [0.3, 0.4) is 0 Å². The van der Waals surface area contributed by atoms with E-state index >= 15 is 0 Å². The van der Waals surface area contributed by atoms with E-state index in [0.29, 0.717) is 12.0 Å². The minimum Gasteiger partial charge on any atom is -0.468 e. The Morgan fingerprint density at radius 1 is 1.54 bits per heavy atom. The zero-order valence-corrected chi connectivity index (χ0v) is 7.88. The summed E-state index contributed by atoms with van der Waals surface area (Å²) >= 11 is 0. The number of furan rings is 1. The molecule has 0 aliphatic carbocycles. The number of hydrogen-bond acceptors (Lipinski definition) is 3. The predicted octanol–water partition coefficient (Wildman–Crippen LogP) is 2.10. The Labute approximate surface area is 78.1 Å². The standard InChI is InChI=1S/C10H15NO2/c1-12-10-6-8(7-13-10)9-4-2-3-5-11-9/h6-7,9,11H,2-5H2,1H3. The first kappa shape index (κ1) is 8.63. The fraction of sp³-hybridized carbons (Fsp3) is 0.600. The van der Waals surface area contributed by atoms with Gasteiger partial charge in [0.15, 0.2) is 0 Å². The summed E-state index contributed by atoms with van der Waals surface area (Å²) < 4.78 is 10.2. The van der Waals surface area contributed by atoms with Crippen LogP contribution in [0.1, 0.15) is 30.9 Å². The van der Waals surface area contributed by atoms with E-state index in [4.69, 9.17) is 9.15 Å². The summed E-state index contributed by atoms with van der Waals surface area (Å²) in [6.07, 6.45) is 5.56. The minimum absolute atomic E-state index is 0.460. The molecular formula is C10H15NO2. The first-order chi connectivity index (χ1) is 6.40. The molecule has 3 heteroatoms. The highest BCUT2D eigenvalue weighted by Crippen LogP contribution is 2.26. The van der Waals surface area contributed by atoms with E-state index in [0.717, 1.165) is 6.54 Å². The van der Waals surface area contributed by atoms with E-state index in [2.05, 4.69) is 5.32 Å². The van der Waals surface area contributed by atoms with E-state index in [1.54, 1.807) is 13.4 Å². The maximum absolute atomic E-state index is 5.20. The first-order valence-electron chi connectivity index (χ1n) is 4.76. The molecule has 1 unspecified atom stereocenters. The molecular weight excluding hydrogens is 166 g/mol. The molecule has 0 bridgehead atoms. The van der Waals surface area contributed by atoms with Crippen molar-refractivity contribution in [3.63, 3.8) is 0 Å². The van der Waals surface area contributed by atoms with Crippen molar-refractivity contribution in [2.24, 2.45) is 0 Å². The molecule has 0 saturated carbocycles. The molecule has 1 aromatic rings. The summed E-state index contributed by atoms with van der Waals surface area (Å²) in [5.74, 6) is 0.599. The maximum atomic E-state index is 5.20. The van der Waals surface area contributed by atoms with Gasteiger partial charge in [0.1, 0.15) is 0 Å². The lowest BCUT2D eigenvalue weighted by molar-refractivity contribution is 0.304. The smallest absolute Gasteiger partial charge is 0.284 e. The molecule has 1 atom stereocenters. The SMILES string of the molecule is COc1cc(C2CCCCN2)co1. The van der Waals surface area contributed by atoms with Crippen LogP contribution in [0.4, 0.5) is 0 Å². The molecule has 0 spiro atoms. The average Bonchev–Trinajstić information content (AvgIpc) is 2.67. The Kier molecular flexibility index (Phi) is 2.54. The van der Waals surface area contributed by atoms with Crippen LogP contribution >= 0.6 is 0 Å². The van der Waals surface area contributed by atoms with Gasteiger partial charge in [0.25, 0.3) is 5.95 Å². The van der Waals surface area contributed by atoms with Crippen molar-refractivity contribution in [3.05, 3.63) is 17.9 Å². The van der Waals surface area contributed by atoms with Crippen LogP contribution in [0.5, 0.6) is 5.95 Å². The lowest BCUT2D eigenvalue weighted by Crippen LogP contribution is -2.26. The van der Waals surface area contributed by atoms with Crippen LogP contribution in [0, 0.1) is 0 Å². The van der Waals surface area contributed by atoms with Gasteiger partial charge in [-0.3, -0.25) is 0 Å². The number of ether oxygens (including phenoxy) is 1. The highest BCUT2D eigenvalue weighted by molar-refractivity contribution is 5.20. The molecule has 1 aliphatic rings. The Morgan fingerprint density at radius 2 is 2.46 bits per heavy atom. The van der Waals surface area contributed by atoms with Crippen LogP contribution in [0.25, 0.3) is 0 Å². The van der Waals surface area contributed by atoms with Gasteiger partial charge in [-0.15, -0.1) is 0 Å². The molecule has 1 saturated heterocycles. The highest BCUT2D eigenvalue weighted by atomic mass is 16.6. The summed E-state index contributed by atoms with van der Waals surface area (Å²) in [6.45, 7) is 1.11. The Bertz CT molecular complexity index is 264. The third-order valence-corrected chi connectivity index (χ3v) is 2.51. The number of rotatable bonds is 2. The van der Waals surface area contributed by atoms with Crippen molar-refractivity contribution in [3.8, 4) is 5.95 Å².